The molecule has 16 heavy (non-hydrogen) atoms. The zero-order valence-electron chi connectivity index (χ0n) is 9.36. The van der Waals surface area contributed by atoms with E-state index in [0.29, 0.717) is 18.0 Å². The zero-order valence-corrected chi connectivity index (χ0v) is 9.36. The van der Waals surface area contributed by atoms with Crippen LogP contribution in [0.1, 0.15) is 24.2 Å². The van der Waals surface area contributed by atoms with Crippen molar-refractivity contribution in [3.05, 3.63) is 35.4 Å². The maximum Gasteiger partial charge on any atom is 0.335 e. The molecule has 0 aliphatic heterocycles. The SMILES string of the molecule is CC(C)=CCOc1cc(C(=O)O)ccc1N. The quantitative estimate of drug-likeness (QED) is 0.604. The predicted molar refractivity (Wildman–Crippen MR) is 62.7 cm³/mol. The number of nitrogens with two attached hydrogens (primary N) is 1. The smallest absolute Gasteiger partial charge is 0.335 e. The number of carboxylic acids is 1. The lowest BCUT2D eigenvalue weighted by atomic mass is 10.2. The van der Waals surface area contributed by atoms with E-state index < -0.39 is 5.97 Å². The van der Waals surface area contributed by atoms with Gasteiger partial charge < -0.3 is 15.6 Å². The molecule has 86 valence electrons. The number of allylic oxidation sites excluding steroid dienone is 1. The van der Waals surface area contributed by atoms with Gasteiger partial charge in [0.05, 0.1) is 11.3 Å². The number of hydrogen-bond donors (Lipinski definition) is 2. The highest BCUT2D eigenvalue weighted by Crippen LogP contribution is 2.22. The van der Waals surface area contributed by atoms with Crippen LogP contribution in [0.2, 0.25) is 0 Å². The molecule has 0 aromatic heterocycles. The largest absolute Gasteiger partial charge is 0.487 e. The predicted octanol–water partition coefficient (Wildman–Crippen LogP) is 2.31. The van der Waals surface area contributed by atoms with E-state index in [0.717, 1.165) is 5.57 Å². The summed E-state index contributed by atoms with van der Waals surface area (Å²) in [6.07, 6.45) is 1.90. The van der Waals surface area contributed by atoms with Gasteiger partial charge in [0.25, 0.3) is 0 Å². The van der Waals surface area contributed by atoms with Crippen molar-refractivity contribution < 1.29 is 14.6 Å². The zero-order chi connectivity index (χ0) is 12.1. The molecule has 0 unspecified atom stereocenters. The molecule has 0 amide bonds. The van der Waals surface area contributed by atoms with Gasteiger partial charge >= 0.3 is 5.97 Å². The van der Waals surface area contributed by atoms with Gasteiger partial charge in [0.1, 0.15) is 12.4 Å². The molecule has 4 nitrogen and oxygen atoms in total. The van der Waals surface area contributed by atoms with Gasteiger partial charge in [-0.1, -0.05) is 5.57 Å². The third-order valence-corrected chi connectivity index (χ3v) is 1.99. The Kier molecular flexibility index (Phi) is 3.94. The molecule has 1 aromatic rings. The number of aromatic carboxylic acids is 1. The molecule has 0 saturated heterocycles. The van der Waals surface area contributed by atoms with Crippen molar-refractivity contribution in [2.24, 2.45) is 0 Å². The Bertz CT molecular complexity index is 420. The highest BCUT2D eigenvalue weighted by molar-refractivity contribution is 5.89. The number of rotatable bonds is 4. The van der Waals surface area contributed by atoms with Gasteiger partial charge in [-0.05, 0) is 38.1 Å². The molecule has 0 spiro atoms. The molecule has 0 aliphatic rings. The average molecular weight is 221 g/mol. The van der Waals surface area contributed by atoms with Crippen LogP contribution >= 0.6 is 0 Å². The second kappa shape index (κ2) is 5.21. The van der Waals surface area contributed by atoms with Gasteiger partial charge in [-0.25, -0.2) is 4.79 Å². The molecule has 0 bridgehead atoms. The molecule has 0 saturated carbocycles. The summed E-state index contributed by atoms with van der Waals surface area (Å²) in [6.45, 7) is 4.30. The van der Waals surface area contributed by atoms with Crippen molar-refractivity contribution in [2.75, 3.05) is 12.3 Å². The van der Waals surface area contributed by atoms with E-state index >= 15 is 0 Å². The Labute approximate surface area is 94.3 Å². The van der Waals surface area contributed by atoms with Crippen LogP contribution in [0.5, 0.6) is 5.75 Å². The summed E-state index contributed by atoms with van der Waals surface area (Å²) in [4.78, 5) is 10.7. The fraction of sp³-hybridized carbons (Fsp3) is 0.250. The van der Waals surface area contributed by atoms with Crippen molar-refractivity contribution in [3.8, 4) is 5.75 Å². The van der Waals surface area contributed by atoms with Crippen LogP contribution in [-0.2, 0) is 0 Å². The molecular weight excluding hydrogens is 206 g/mol. The maximum absolute atomic E-state index is 10.7. The van der Waals surface area contributed by atoms with Gasteiger partial charge in [-0.3, -0.25) is 0 Å². The maximum atomic E-state index is 10.7. The summed E-state index contributed by atoms with van der Waals surface area (Å²) in [6, 6.07) is 4.41. The van der Waals surface area contributed by atoms with E-state index in [1.807, 2.05) is 19.9 Å². The van der Waals surface area contributed by atoms with Crippen molar-refractivity contribution in [1.29, 1.82) is 0 Å². The van der Waals surface area contributed by atoms with Crippen LogP contribution in [0, 0.1) is 0 Å². The standard InChI is InChI=1S/C12H15NO3/c1-8(2)5-6-16-11-7-9(12(14)15)3-4-10(11)13/h3-5,7H,6,13H2,1-2H3,(H,14,15). The molecule has 0 fully saturated rings. The number of carbonyl (C=O) groups is 1. The van der Waals surface area contributed by atoms with E-state index in [1.165, 1.54) is 18.2 Å². The van der Waals surface area contributed by atoms with Crippen molar-refractivity contribution in [3.63, 3.8) is 0 Å². The Morgan fingerprint density at radius 1 is 1.50 bits per heavy atom. The first-order valence-corrected chi connectivity index (χ1v) is 4.89. The van der Waals surface area contributed by atoms with Crippen molar-refractivity contribution in [1.82, 2.24) is 0 Å². The fourth-order valence-electron chi connectivity index (χ4n) is 1.09. The number of hydrogen-bond acceptors (Lipinski definition) is 3. The Morgan fingerprint density at radius 3 is 2.75 bits per heavy atom. The van der Waals surface area contributed by atoms with Gasteiger partial charge in [0, 0.05) is 0 Å². The van der Waals surface area contributed by atoms with E-state index in [-0.39, 0.29) is 5.56 Å². The van der Waals surface area contributed by atoms with E-state index in [4.69, 9.17) is 15.6 Å². The summed E-state index contributed by atoms with van der Waals surface area (Å²) in [5.74, 6) is -0.593. The number of benzene rings is 1. The normalized spacial score (nSPS) is 9.62. The summed E-state index contributed by atoms with van der Waals surface area (Å²) >= 11 is 0. The van der Waals surface area contributed by atoms with Gasteiger partial charge in [0.15, 0.2) is 0 Å². The summed E-state index contributed by atoms with van der Waals surface area (Å²) < 4.78 is 5.37. The van der Waals surface area contributed by atoms with Gasteiger partial charge in [0.2, 0.25) is 0 Å². The lowest BCUT2D eigenvalue weighted by molar-refractivity contribution is 0.0696. The second-order valence-corrected chi connectivity index (χ2v) is 3.65. The van der Waals surface area contributed by atoms with Crippen LogP contribution in [0.25, 0.3) is 0 Å². The van der Waals surface area contributed by atoms with Crippen LogP contribution in [0.3, 0.4) is 0 Å². The van der Waals surface area contributed by atoms with Gasteiger partial charge in [-0.2, -0.15) is 0 Å². The highest BCUT2D eigenvalue weighted by Gasteiger charge is 2.06. The Morgan fingerprint density at radius 2 is 2.19 bits per heavy atom. The molecular formula is C12H15NO3. The van der Waals surface area contributed by atoms with Crippen molar-refractivity contribution >= 4 is 11.7 Å². The molecule has 1 rings (SSSR count). The highest BCUT2D eigenvalue weighted by atomic mass is 16.5. The molecule has 3 N–H and O–H groups in total. The van der Waals surface area contributed by atoms with Crippen molar-refractivity contribution in [2.45, 2.75) is 13.8 Å². The lowest BCUT2D eigenvalue weighted by Gasteiger charge is -2.07. The summed E-state index contributed by atoms with van der Waals surface area (Å²) in [5, 5.41) is 8.81. The number of carboxylic acid groups (broad SMARTS) is 1. The average Bonchev–Trinajstić information content (AvgIpc) is 2.20. The minimum Gasteiger partial charge on any atom is -0.487 e. The number of anilines is 1. The molecule has 0 atom stereocenters. The first kappa shape index (κ1) is 12.1. The number of nitrogen functional groups attached to an aromatic ring is 1. The third kappa shape index (κ3) is 3.31. The van der Waals surface area contributed by atoms with Crippen LogP contribution in [0.15, 0.2) is 29.8 Å². The third-order valence-electron chi connectivity index (χ3n) is 1.99. The second-order valence-electron chi connectivity index (χ2n) is 3.65. The van der Waals surface area contributed by atoms with Gasteiger partial charge in [-0.15, -0.1) is 0 Å². The summed E-state index contributed by atoms with van der Waals surface area (Å²) in [5.41, 5.74) is 7.41. The molecule has 0 heterocycles. The molecule has 4 heteroatoms. The first-order valence-electron chi connectivity index (χ1n) is 4.89. The summed E-state index contributed by atoms with van der Waals surface area (Å²) in [7, 11) is 0. The van der Waals surface area contributed by atoms with E-state index in [2.05, 4.69) is 0 Å². The van der Waals surface area contributed by atoms with Crippen LogP contribution < -0.4 is 10.5 Å². The Hall–Kier alpha value is -1.97. The lowest BCUT2D eigenvalue weighted by Crippen LogP contribution is -2.02. The van der Waals surface area contributed by atoms with E-state index in [1.54, 1.807) is 0 Å². The molecule has 0 radical (unpaired) electrons. The minimum absolute atomic E-state index is 0.168. The fourth-order valence-corrected chi connectivity index (χ4v) is 1.09. The number of ether oxygens (including phenoxy) is 1. The van der Waals surface area contributed by atoms with E-state index in [9.17, 15) is 4.79 Å². The molecule has 0 aliphatic carbocycles. The van der Waals surface area contributed by atoms with Crippen LogP contribution in [-0.4, -0.2) is 17.7 Å². The molecule has 1 aromatic carbocycles. The Balaban J connectivity index is 2.82. The van der Waals surface area contributed by atoms with Crippen LogP contribution in [0.4, 0.5) is 5.69 Å². The topological polar surface area (TPSA) is 72.5 Å². The minimum atomic E-state index is -0.993. The monoisotopic (exact) mass is 221 g/mol. The first-order chi connectivity index (χ1) is 7.50.